The fourth-order valence-corrected chi connectivity index (χ4v) is 2.94. The summed E-state index contributed by atoms with van der Waals surface area (Å²) in [4.78, 5) is 20.9. The van der Waals surface area contributed by atoms with Crippen LogP contribution >= 0.6 is 0 Å². The number of methoxy groups -OCH3 is 3. The second kappa shape index (κ2) is 8.53. The Kier molecular flexibility index (Phi) is 5.47. The van der Waals surface area contributed by atoms with E-state index < -0.39 is 5.91 Å². The lowest BCUT2D eigenvalue weighted by Crippen LogP contribution is -2.14. The summed E-state index contributed by atoms with van der Waals surface area (Å²) in [5.74, 6) is 1.89. The number of aromatic nitrogens is 6. The Labute approximate surface area is 177 Å². The molecule has 1 amide bonds. The van der Waals surface area contributed by atoms with Crippen molar-refractivity contribution in [2.75, 3.05) is 26.6 Å². The highest BCUT2D eigenvalue weighted by molar-refractivity contribution is 6.03. The fraction of sp³-hybridized carbons (Fsp3) is 0.150. The Bertz CT molecular complexity index is 1180. The lowest BCUT2D eigenvalue weighted by Gasteiger charge is -2.13. The molecule has 0 spiro atoms. The Morgan fingerprint density at radius 2 is 1.81 bits per heavy atom. The van der Waals surface area contributed by atoms with Crippen LogP contribution in [0.5, 0.6) is 17.2 Å². The molecule has 0 atom stereocenters. The first-order valence-corrected chi connectivity index (χ1v) is 9.12. The lowest BCUT2D eigenvalue weighted by molar-refractivity contribution is 0.102. The number of hydrogen-bond donors (Lipinski definition) is 2. The molecule has 2 N–H and O–H groups in total. The zero-order valence-corrected chi connectivity index (χ0v) is 17.0. The van der Waals surface area contributed by atoms with Gasteiger partial charge in [0.15, 0.2) is 17.3 Å². The van der Waals surface area contributed by atoms with E-state index in [1.165, 1.54) is 27.7 Å². The van der Waals surface area contributed by atoms with E-state index in [1.807, 2.05) is 0 Å². The predicted molar refractivity (Wildman–Crippen MR) is 111 cm³/mol. The summed E-state index contributed by atoms with van der Waals surface area (Å²) in [6, 6.07) is 8.50. The molecule has 0 unspecified atom stereocenters. The molecular formula is C20H19N7O4. The first kappa shape index (κ1) is 19.9. The third-order valence-corrected chi connectivity index (χ3v) is 4.42. The highest BCUT2D eigenvalue weighted by Crippen LogP contribution is 2.40. The Morgan fingerprint density at radius 1 is 1.03 bits per heavy atom. The third kappa shape index (κ3) is 4.01. The minimum Gasteiger partial charge on any atom is -0.493 e. The zero-order valence-electron chi connectivity index (χ0n) is 17.0. The monoisotopic (exact) mass is 421 g/mol. The third-order valence-electron chi connectivity index (χ3n) is 4.42. The predicted octanol–water partition coefficient (Wildman–Crippen LogP) is 2.33. The van der Waals surface area contributed by atoms with Gasteiger partial charge in [0.2, 0.25) is 5.75 Å². The molecule has 0 aliphatic rings. The summed E-state index contributed by atoms with van der Waals surface area (Å²) in [5, 5.41) is 13.8. The number of rotatable bonds is 7. The number of ether oxygens (including phenoxy) is 3. The molecule has 4 aromatic rings. The van der Waals surface area contributed by atoms with Gasteiger partial charge in [-0.1, -0.05) is 0 Å². The van der Waals surface area contributed by atoms with Crippen molar-refractivity contribution in [3.8, 4) is 34.3 Å². The van der Waals surface area contributed by atoms with Crippen molar-refractivity contribution in [1.82, 2.24) is 29.9 Å². The maximum absolute atomic E-state index is 12.7. The number of hydrogen-bond acceptors (Lipinski definition) is 8. The molecule has 0 saturated carbocycles. The van der Waals surface area contributed by atoms with Crippen LogP contribution in [-0.2, 0) is 0 Å². The molecule has 0 aliphatic heterocycles. The van der Waals surface area contributed by atoms with E-state index >= 15 is 0 Å². The van der Waals surface area contributed by atoms with Gasteiger partial charge in [-0.2, -0.15) is 10.2 Å². The molecule has 31 heavy (non-hydrogen) atoms. The van der Waals surface area contributed by atoms with Gasteiger partial charge in [0.25, 0.3) is 5.91 Å². The summed E-state index contributed by atoms with van der Waals surface area (Å²) in [6.45, 7) is 0. The Balaban J connectivity index is 1.57. The van der Waals surface area contributed by atoms with Gasteiger partial charge < -0.3 is 19.5 Å². The van der Waals surface area contributed by atoms with Crippen LogP contribution in [0, 0.1) is 0 Å². The van der Waals surface area contributed by atoms with Crippen molar-refractivity contribution in [2.45, 2.75) is 0 Å². The molecule has 0 aliphatic carbocycles. The number of anilines is 1. The largest absolute Gasteiger partial charge is 0.493 e. The molecule has 3 aromatic heterocycles. The van der Waals surface area contributed by atoms with Crippen LogP contribution < -0.4 is 19.5 Å². The molecule has 158 valence electrons. The number of carbonyl (C=O) groups excluding carboxylic acids is 1. The van der Waals surface area contributed by atoms with E-state index in [0.29, 0.717) is 40.1 Å². The molecule has 0 bridgehead atoms. The van der Waals surface area contributed by atoms with E-state index in [9.17, 15) is 4.79 Å². The van der Waals surface area contributed by atoms with Crippen LogP contribution in [0.25, 0.3) is 17.1 Å². The molecule has 0 saturated heterocycles. The Morgan fingerprint density at radius 3 is 2.45 bits per heavy atom. The normalized spacial score (nSPS) is 10.5. The van der Waals surface area contributed by atoms with E-state index in [4.69, 9.17) is 14.2 Å². The van der Waals surface area contributed by atoms with Crippen LogP contribution in [0.1, 0.15) is 10.5 Å². The average Bonchev–Trinajstić information content (AvgIpc) is 3.51. The summed E-state index contributed by atoms with van der Waals surface area (Å²) in [5.41, 5.74) is 1.47. The standard InChI is InChI=1S/C20H19N7O4/c1-29-15-7-12(8-16(30-2)19(15)31-3)13-9-14(26-25-13)20(28)24-17-10-18(22-11-21-17)27-6-4-5-23-27/h4-11H,1-3H3,(H,25,26)(H,21,22,24,28). The maximum Gasteiger partial charge on any atom is 0.274 e. The number of nitrogens with zero attached hydrogens (tertiary/aromatic N) is 5. The van der Waals surface area contributed by atoms with Gasteiger partial charge in [0, 0.05) is 24.0 Å². The second-order valence-electron chi connectivity index (χ2n) is 6.25. The molecular weight excluding hydrogens is 402 g/mol. The van der Waals surface area contributed by atoms with E-state index in [1.54, 1.807) is 47.4 Å². The number of benzene rings is 1. The van der Waals surface area contributed by atoms with Crippen LogP contribution in [0.15, 0.2) is 49.1 Å². The summed E-state index contributed by atoms with van der Waals surface area (Å²) in [6.07, 6.45) is 4.73. The minimum absolute atomic E-state index is 0.253. The number of carbonyl (C=O) groups is 1. The van der Waals surface area contributed by atoms with Crippen LogP contribution in [0.4, 0.5) is 5.82 Å². The van der Waals surface area contributed by atoms with Gasteiger partial charge in [0.1, 0.15) is 17.8 Å². The van der Waals surface area contributed by atoms with Crippen LogP contribution in [0.3, 0.4) is 0 Å². The highest BCUT2D eigenvalue weighted by atomic mass is 16.5. The van der Waals surface area contributed by atoms with Gasteiger partial charge in [-0.25, -0.2) is 14.6 Å². The van der Waals surface area contributed by atoms with E-state index in [-0.39, 0.29) is 5.69 Å². The van der Waals surface area contributed by atoms with Gasteiger partial charge in [0.05, 0.1) is 27.0 Å². The van der Waals surface area contributed by atoms with Crippen molar-refractivity contribution in [2.24, 2.45) is 0 Å². The summed E-state index contributed by atoms with van der Waals surface area (Å²) < 4.78 is 17.6. The maximum atomic E-state index is 12.7. The summed E-state index contributed by atoms with van der Waals surface area (Å²) >= 11 is 0. The molecule has 1 aromatic carbocycles. The first-order chi connectivity index (χ1) is 15.1. The average molecular weight is 421 g/mol. The smallest absolute Gasteiger partial charge is 0.274 e. The zero-order chi connectivity index (χ0) is 21.8. The minimum atomic E-state index is -0.406. The van der Waals surface area contributed by atoms with E-state index in [2.05, 4.69) is 30.6 Å². The molecule has 11 heteroatoms. The number of amides is 1. The van der Waals surface area contributed by atoms with Crippen molar-refractivity contribution < 1.29 is 19.0 Å². The number of nitrogens with one attached hydrogen (secondary N) is 2. The van der Waals surface area contributed by atoms with Gasteiger partial charge >= 0.3 is 0 Å². The molecule has 3 heterocycles. The first-order valence-electron chi connectivity index (χ1n) is 9.12. The Hall–Kier alpha value is -4.41. The molecule has 0 radical (unpaired) electrons. The van der Waals surface area contributed by atoms with Crippen molar-refractivity contribution in [1.29, 1.82) is 0 Å². The summed E-state index contributed by atoms with van der Waals surface area (Å²) in [7, 11) is 4.59. The van der Waals surface area contributed by atoms with Gasteiger partial charge in [-0.3, -0.25) is 9.89 Å². The van der Waals surface area contributed by atoms with Gasteiger partial charge in [-0.15, -0.1) is 0 Å². The second-order valence-corrected chi connectivity index (χ2v) is 6.25. The quantitative estimate of drug-likeness (QED) is 0.465. The van der Waals surface area contributed by atoms with Crippen molar-refractivity contribution in [3.63, 3.8) is 0 Å². The fourth-order valence-electron chi connectivity index (χ4n) is 2.94. The van der Waals surface area contributed by atoms with E-state index in [0.717, 1.165) is 0 Å². The number of aromatic amines is 1. The number of H-pyrrole nitrogens is 1. The van der Waals surface area contributed by atoms with Gasteiger partial charge in [-0.05, 0) is 24.3 Å². The topological polar surface area (TPSA) is 129 Å². The lowest BCUT2D eigenvalue weighted by atomic mass is 10.1. The molecule has 11 nitrogen and oxygen atoms in total. The van der Waals surface area contributed by atoms with Crippen molar-refractivity contribution >= 4 is 11.7 Å². The molecule has 0 fully saturated rings. The van der Waals surface area contributed by atoms with Crippen LogP contribution in [0.2, 0.25) is 0 Å². The van der Waals surface area contributed by atoms with Crippen LogP contribution in [-0.4, -0.2) is 57.2 Å². The SMILES string of the molecule is COc1cc(-c2cc(C(=O)Nc3cc(-n4cccn4)ncn3)[nH]n2)cc(OC)c1OC. The highest BCUT2D eigenvalue weighted by Gasteiger charge is 2.17. The van der Waals surface area contributed by atoms with Crippen molar-refractivity contribution in [3.05, 3.63) is 54.7 Å². The molecule has 4 rings (SSSR count).